The quantitative estimate of drug-likeness (QED) is 0.803. The first-order chi connectivity index (χ1) is 8.75. The van der Waals surface area contributed by atoms with Gasteiger partial charge in [-0.25, -0.2) is 0 Å². The highest BCUT2D eigenvalue weighted by atomic mass is 16.5. The predicted molar refractivity (Wildman–Crippen MR) is 71.2 cm³/mol. The van der Waals surface area contributed by atoms with Crippen LogP contribution >= 0.6 is 0 Å². The Labute approximate surface area is 110 Å². The molecule has 1 saturated heterocycles. The number of carbonyl (C=O) groups excluding carboxylic acids is 1. The van der Waals surface area contributed by atoms with Crippen LogP contribution in [0.25, 0.3) is 0 Å². The number of carbonyl (C=O) groups is 1. The van der Waals surface area contributed by atoms with Crippen molar-refractivity contribution in [2.24, 2.45) is 5.73 Å². The summed E-state index contributed by atoms with van der Waals surface area (Å²) in [7, 11) is 0. The Morgan fingerprint density at radius 3 is 2.67 bits per heavy atom. The molecule has 4 nitrogen and oxygen atoms in total. The predicted octanol–water partition coefficient (Wildman–Crippen LogP) is 1.72. The van der Waals surface area contributed by atoms with Gasteiger partial charge in [0.05, 0.1) is 6.10 Å². The van der Waals surface area contributed by atoms with Crippen LogP contribution in [-0.2, 0) is 9.53 Å². The van der Waals surface area contributed by atoms with Gasteiger partial charge in [-0.05, 0) is 38.5 Å². The third-order valence-corrected chi connectivity index (χ3v) is 4.13. The van der Waals surface area contributed by atoms with Crippen molar-refractivity contribution in [2.45, 2.75) is 76.0 Å². The second-order valence-corrected chi connectivity index (χ2v) is 5.65. The van der Waals surface area contributed by atoms with Crippen molar-refractivity contribution < 1.29 is 9.53 Å². The normalized spacial score (nSPS) is 33.1. The first kappa shape index (κ1) is 13.8. The molecule has 1 aliphatic carbocycles. The Morgan fingerprint density at radius 1 is 1.17 bits per heavy atom. The van der Waals surface area contributed by atoms with E-state index < -0.39 is 0 Å². The number of hydrogen-bond acceptors (Lipinski definition) is 3. The second kappa shape index (κ2) is 7.10. The van der Waals surface area contributed by atoms with Crippen molar-refractivity contribution in [1.82, 2.24) is 5.32 Å². The van der Waals surface area contributed by atoms with Gasteiger partial charge < -0.3 is 15.8 Å². The van der Waals surface area contributed by atoms with Crippen LogP contribution < -0.4 is 11.1 Å². The fourth-order valence-corrected chi connectivity index (χ4v) is 2.94. The average Bonchev–Trinajstić information content (AvgIpc) is 2.40. The van der Waals surface area contributed by atoms with Gasteiger partial charge in [-0.1, -0.05) is 12.8 Å². The van der Waals surface area contributed by atoms with Crippen molar-refractivity contribution in [3.8, 4) is 0 Å². The van der Waals surface area contributed by atoms with E-state index in [9.17, 15) is 4.79 Å². The Hall–Kier alpha value is -0.610. The highest BCUT2D eigenvalue weighted by Crippen LogP contribution is 2.19. The van der Waals surface area contributed by atoms with E-state index in [1.807, 2.05) is 0 Å². The maximum atomic E-state index is 11.9. The summed E-state index contributed by atoms with van der Waals surface area (Å²) in [6.45, 7) is 0.861. The van der Waals surface area contributed by atoms with Gasteiger partial charge in [-0.3, -0.25) is 4.79 Å². The molecule has 0 aromatic rings. The maximum Gasteiger partial charge on any atom is 0.220 e. The number of hydrogen-bond donors (Lipinski definition) is 2. The molecule has 1 amide bonds. The highest BCUT2D eigenvalue weighted by Gasteiger charge is 2.23. The number of ether oxygens (including phenoxy) is 1. The van der Waals surface area contributed by atoms with Crippen LogP contribution in [0.4, 0.5) is 0 Å². The van der Waals surface area contributed by atoms with Crippen LogP contribution in [0.5, 0.6) is 0 Å². The molecule has 3 N–H and O–H groups in total. The molecule has 104 valence electrons. The minimum Gasteiger partial charge on any atom is -0.378 e. The zero-order valence-corrected chi connectivity index (χ0v) is 11.2. The summed E-state index contributed by atoms with van der Waals surface area (Å²) in [5.41, 5.74) is 6.03. The maximum absolute atomic E-state index is 11.9. The number of rotatable bonds is 4. The Morgan fingerprint density at radius 2 is 1.94 bits per heavy atom. The topological polar surface area (TPSA) is 64.3 Å². The van der Waals surface area contributed by atoms with E-state index in [1.165, 1.54) is 25.7 Å². The monoisotopic (exact) mass is 254 g/mol. The average molecular weight is 254 g/mol. The molecule has 2 fully saturated rings. The largest absolute Gasteiger partial charge is 0.378 e. The summed E-state index contributed by atoms with van der Waals surface area (Å²) < 4.78 is 5.63. The molecule has 4 heteroatoms. The summed E-state index contributed by atoms with van der Waals surface area (Å²) in [4.78, 5) is 11.9. The molecule has 1 aliphatic heterocycles. The fraction of sp³-hybridized carbons (Fsp3) is 0.929. The molecule has 1 heterocycles. The molecule has 2 aliphatic rings. The third-order valence-electron chi connectivity index (χ3n) is 4.13. The van der Waals surface area contributed by atoms with Crippen LogP contribution in [0.15, 0.2) is 0 Å². The Balaban J connectivity index is 1.64. The molecular weight excluding hydrogens is 228 g/mol. The minimum absolute atomic E-state index is 0.145. The van der Waals surface area contributed by atoms with E-state index in [0.29, 0.717) is 12.5 Å². The van der Waals surface area contributed by atoms with Gasteiger partial charge >= 0.3 is 0 Å². The SMILES string of the molecule is NC1CCCCC1NC(=O)CCC1CCCCO1. The van der Waals surface area contributed by atoms with Gasteiger partial charge in [0, 0.05) is 25.1 Å². The number of nitrogens with two attached hydrogens (primary N) is 1. The van der Waals surface area contributed by atoms with Gasteiger partial charge in [0.25, 0.3) is 0 Å². The summed E-state index contributed by atoms with van der Waals surface area (Å²) in [5.74, 6) is 0.145. The third kappa shape index (κ3) is 4.25. The highest BCUT2D eigenvalue weighted by molar-refractivity contribution is 5.76. The van der Waals surface area contributed by atoms with E-state index in [-0.39, 0.29) is 18.0 Å². The van der Waals surface area contributed by atoms with Crippen LogP contribution in [-0.4, -0.2) is 30.7 Å². The zero-order valence-electron chi connectivity index (χ0n) is 11.2. The molecule has 1 saturated carbocycles. The first-order valence-electron chi connectivity index (χ1n) is 7.42. The molecular formula is C14H26N2O2. The minimum atomic E-state index is 0.145. The fourth-order valence-electron chi connectivity index (χ4n) is 2.94. The number of nitrogens with one attached hydrogen (secondary N) is 1. The van der Waals surface area contributed by atoms with Crippen LogP contribution in [0.1, 0.15) is 57.8 Å². The summed E-state index contributed by atoms with van der Waals surface area (Å²) in [6.07, 6.45) is 9.69. The van der Waals surface area contributed by atoms with Gasteiger partial charge in [-0.15, -0.1) is 0 Å². The standard InChI is InChI=1S/C14H26N2O2/c15-12-6-1-2-7-13(12)16-14(17)9-8-11-5-3-4-10-18-11/h11-13H,1-10,15H2,(H,16,17). The van der Waals surface area contributed by atoms with Crippen molar-refractivity contribution in [1.29, 1.82) is 0 Å². The van der Waals surface area contributed by atoms with E-state index in [4.69, 9.17) is 10.5 Å². The van der Waals surface area contributed by atoms with Gasteiger partial charge in [0.15, 0.2) is 0 Å². The molecule has 0 bridgehead atoms. The lowest BCUT2D eigenvalue weighted by molar-refractivity contribution is -0.123. The summed E-state index contributed by atoms with van der Waals surface area (Å²) >= 11 is 0. The Bertz CT molecular complexity index is 265. The lowest BCUT2D eigenvalue weighted by Crippen LogP contribution is -2.49. The molecule has 0 aromatic carbocycles. The van der Waals surface area contributed by atoms with E-state index in [0.717, 1.165) is 32.3 Å². The van der Waals surface area contributed by atoms with Crippen LogP contribution in [0, 0.1) is 0 Å². The smallest absolute Gasteiger partial charge is 0.220 e. The van der Waals surface area contributed by atoms with Crippen molar-refractivity contribution in [3.05, 3.63) is 0 Å². The zero-order chi connectivity index (χ0) is 12.8. The van der Waals surface area contributed by atoms with Gasteiger partial charge in [0.1, 0.15) is 0 Å². The first-order valence-corrected chi connectivity index (χ1v) is 7.42. The van der Waals surface area contributed by atoms with Gasteiger partial charge in [0.2, 0.25) is 5.91 Å². The molecule has 3 unspecified atom stereocenters. The Kier molecular flexibility index (Phi) is 5.45. The van der Waals surface area contributed by atoms with E-state index in [1.54, 1.807) is 0 Å². The molecule has 0 radical (unpaired) electrons. The molecule has 3 atom stereocenters. The molecule has 18 heavy (non-hydrogen) atoms. The van der Waals surface area contributed by atoms with Crippen molar-refractivity contribution in [2.75, 3.05) is 6.61 Å². The molecule has 0 spiro atoms. The van der Waals surface area contributed by atoms with Crippen LogP contribution in [0.3, 0.4) is 0 Å². The van der Waals surface area contributed by atoms with Crippen LogP contribution in [0.2, 0.25) is 0 Å². The lowest BCUT2D eigenvalue weighted by Gasteiger charge is -2.29. The second-order valence-electron chi connectivity index (χ2n) is 5.65. The summed E-state index contributed by atoms with van der Waals surface area (Å²) in [5, 5.41) is 3.09. The van der Waals surface area contributed by atoms with Crippen molar-refractivity contribution in [3.63, 3.8) is 0 Å². The lowest BCUT2D eigenvalue weighted by atomic mass is 9.91. The van der Waals surface area contributed by atoms with E-state index in [2.05, 4.69) is 5.32 Å². The number of amides is 1. The van der Waals surface area contributed by atoms with Crippen molar-refractivity contribution >= 4 is 5.91 Å². The summed E-state index contributed by atoms with van der Waals surface area (Å²) in [6, 6.07) is 0.340. The van der Waals surface area contributed by atoms with E-state index >= 15 is 0 Å². The molecule has 2 rings (SSSR count). The molecule has 0 aromatic heterocycles. The van der Waals surface area contributed by atoms with Gasteiger partial charge in [-0.2, -0.15) is 0 Å².